The maximum absolute atomic E-state index is 12.2. The number of nitrogens with two attached hydrogens (primary N) is 1. The third-order valence-corrected chi connectivity index (χ3v) is 3.54. The molecular weight excluding hydrogens is 284 g/mol. The Bertz CT molecular complexity index is 706. The second-order valence-electron chi connectivity index (χ2n) is 5.05. The topological polar surface area (TPSA) is 72.9 Å². The van der Waals surface area contributed by atoms with Crippen LogP contribution in [-0.4, -0.2) is 20.7 Å². The molecule has 0 saturated carbocycles. The number of hydrogen-bond acceptors (Lipinski definition) is 3. The van der Waals surface area contributed by atoms with Crippen LogP contribution in [0.1, 0.15) is 22.3 Å². The van der Waals surface area contributed by atoms with E-state index in [-0.39, 0.29) is 10.9 Å². The van der Waals surface area contributed by atoms with Crippen molar-refractivity contribution < 1.29 is 4.79 Å². The van der Waals surface area contributed by atoms with Gasteiger partial charge in [-0.05, 0) is 25.0 Å². The Labute approximate surface area is 129 Å². The van der Waals surface area contributed by atoms with Crippen LogP contribution >= 0.6 is 12.2 Å². The summed E-state index contributed by atoms with van der Waals surface area (Å²) in [6, 6.07) is 6.07. The maximum Gasteiger partial charge on any atom is 0.229 e. The fourth-order valence-corrected chi connectivity index (χ4v) is 2.26. The van der Waals surface area contributed by atoms with E-state index >= 15 is 0 Å². The lowest BCUT2D eigenvalue weighted by Crippen LogP contribution is -2.20. The molecule has 0 spiro atoms. The number of carbonyl (C=O) groups excluding carboxylic acids is 1. The highest BCUT2D eigenvalue weighted by molar-refractivity contribution is 7.80. The van der Waals surface area contributed by atoms with Gasteiger partial charge in [0.1, 0.15) is 10.8 Å². The molecule has 2 rings (SSSR count). The third-order valence-electron chi connectivity index (χ3n) is 3.32. The molecule has 2 aromatic rings. The van der Waals surface area contributed by atoms with E-state index in [1.807, 2.05) is 32.0 Å². The Hall–Kier alpha value is -2.21. The molecule has 3 N–H and O–H groups in total. The van der Waals surface area contributed by atoms with Crippen molar-refractivity contribution in [1.29, 1.82) is 0 Å². The van der Waals surface area contributed by atoms with Crippen molar-refractivity contribution in [1.82, 2.24) is 9.78 Å². The average Bonchev–Trinajstić information content (AvgIpc) is 2.75. The second kappa shape index (κ2) is 6.05. The number of rotatable bonds is 4. The number of nitrogens with zero attached hydrogens (tertiary/aromatic N) is 2. The van der Waals surface area contributed by atoms with Gasteiger partial charge in [0.15, 0.2) is 0 Å². The first-order valence-corrected chi connectivity index (χ1v) is 6.97. The zero-order valence-electron chi connectivity index (χ0n) is 12.3. The highest BCUT2D eigenvalue weighted by Gasteiger charge is 2.14. The molecule has 0 aliphatic heterocycles. The first kappa shape index (κ1) is 15.2. The lowest BCUT2D eigenvalue weighted by molar-refractivity contribution is -0.115. The van der Waals surface area contributed by atoms with Crippen LogP contribution in [0.2, 0.25) is 0 Å². The van der Waals surface area contributed by atoms with Gasteiger partial charge < -0.3 is 11.1 Å². The lowest BCUT2D eigenvalue weighted by Gasteiger charge is -2.10. The molecule has 0 atom stereocenters. The molecule has 21 heavy (non-hydrogen) atoms. The molecule has 0 bridgehead atoms. The molecule has 1 amide bonds. The van der Waals surface area contributed by atoms with Gasteiger partial charge in [0.05, 0.1) is 18.2 Å². The summed E-state index contributed by atoms with van der Waals surface area (Å²) in [6.07, 6.45) is 1.85. The SMILES string of the molecule is Cc1ccc(C)c(CC(=O)Nc2c(C(N)=S)cnn2C)c1. The van der Waals surface area contributed by atoms with Crippen LogP contribution in [-0.2, 0) is 18.3 Å². The van der Waals surface area contributed by atoms with Crippen LogP contribution in [0.5, 0.6) is 0 Å². The van der Waals surface area contributed by atoms with E-state index in [9.17, 15) is 4.79 Å². The number of carbonyl (C=O) groups is 1. The summed E-state index contributed by atoms with van der Waals surface area (Å²) >= 11 is 4.96. The first-order valence-electron chi connectivity index (χ1n) is 6.56. The molecule has 1 heterocycles. The van der Waals surface area contributed by atoms with Crippen molar-refractivity contribution in [3.63, 3.8) is 0 Å². The average molecular weight is 302 g/mol. The van der Waals surface area contributed by atoms with E-state index < -0.39 is 0 Å². The van der Waals surface area contributed by atoms with E-state index in [0.29, 0.717) is 17.8 Å². The number of anilines is 1. The Kier molecular flexibility index (Phi) is 4.37. The van der Waals surface area contributed by atoms with Gasteiger partial charge in [-0.15, -0.1) is 0 Å². The largest absolute Gasteiger partial charge is 0.389 e. The van der Waals surface area contributed by atoms with Crippen molar-refractivity contribution in [2.45, 2.75) is 20.3 Å². The van der Waals surface area contributed by atoms with Crippen LogP contribution in [0.3, 0.4) is 0 Å². The fraction of sp³-hybridized carbons (Fsp3) is 0.267. The summed E-state index contributed by atoms with van der Waals surface area (Å²) in [7, 11) is 1.73. The van der Waals surface area contributed by atoms with E-state index in [1.165, 1.54) is 0 Å². The lowest BCUT2D eigenvalue weighted by atomic mass is 10.0. The fourth-order valence-electron chi connectivity index (χ4n) is 2.11. The molecular formula is C15H18N4OS. The van der Waals surface area contributed by atoms with Gasteiger partial charge in [-0.1, -0.05) is 36.0 Å². The van der Waals surface area contributed by atoms with Crippen LogP contribution < -0.4 is 11.1 Å². The molecule has 1 aromatic heterocycles. The summed E-state index contributed by atoms with van der Waals surface area (Å²) < 4.78 is 1.55. The van der Waals surface area contributed by atoms with Gasteiger partial charge in [0, 0.05) is 7.05 Å². The number of nitrogens with one attached hydrogen (secondary N) is 1. The summed E-state index contributed by atoms with van der Waals surface area (Å²) in [4.78, 5) is 12.4. The van der Waals surface area contributed by atoms with Gasteiger partial charge in [-0.3, -0.25) is 9.48 Å². The number of amides is 1. The normalized spacial score (nSPS) is 10.4. The van der Waals surface area contributed by atoms with Crippen molar-refractivity contribution in [2.75, 3.05) is 5.32 Å². The van der Waals surface area contributed by atoms with Gasteiger partial charge in [0.2, 0.25) is 5.91 Å². The summed E-state index contributed by atoms with van der Waals surface area (Å²) in [5.74, 6) is 0.405. The zero-order chi connectivity index (χ0) is 15.6. The Morgan fingerprint density at radius 3 is 2.81 bits per heavy atom. The van der Waals surface area contributed by atoms with E-state index in [2.05, 4.69) is 10.4 Å². The molecule has 0 saturated heterocycles. The highest BCUT2D eigenvalue weighted by Crippen LogP contribution is 2.16. The van der Waals surface area contributed by atoms with E-state index in [4.69, 9.17) is 18.0 Å². The Morgan fingerprint density at radius 1 is 1.43 bits per heavy atom. The van der Waals surface area contributed by atoms with E-state index in [1.54, 1.807) is 17.9 Å². The molecule has 0 unspecified atom stereocenters. The quantitative estimate of drug-likeness (QED) is 0.846. The minimum atomic E-state index is -0.121. The molecule has 1 aromatic carbocycles. The van der Waals surface area contributed by atoms with Crippen molar-refractivity contribution in [2.24, 2.45) is 12.8 Å². The molecule has 0 fully saturated rings. The van der Waals surface area contributed by atoms with E-state index in [0.717, 1.165) is 16.7 Å². The van der Waals surface area contributed by atoms with Crippen molar-refractivity contribution >= 4 is 28.9 Å². The molecule has 0 aliphatic carbocycles. The highest BCUT2D eigenvalue weighted by atomic mass is 32.1. The molecule has 0 radical (unpaired) electrons. The van der Waals surface area contributed by atoms with Crippen molar-refractivity contribution in [3.8, 4) is 0 Å². The summed E-state index contributed by atoms with van der Waals surface area (Å²) in [6.45, 7) is 4.00. The van der Waals surface area contributed by atoms with Crippen LogP contribution in [0.4, 0.5) is 5.82 Å². The van der Waals surface area contributed by atoms with Gasteiger partial charge in [-0.2, -0.15) is 5.10 Å². The van der Waals surface area contributed by atoms with Crippen LogP contribution in [0.25, 0.3) is 0 Å². The predicted octanol–water partition coefficient (Wildman–Crippen LogP) is 1.85. The number of aromatic nitrogens is 2. The van der Waals surface area contributed by atoms with Gasteiger partial charge >= 0.3 is 0 Å². The number of hydrogen-bond donors (Lipinski definition) is 2. The third kappa shape index (κ3) is 3.46. The minimum absolute atomic E-state index is 0.121. The van der Waals surface area contributed by atoms with Crippen LogP contribution in [0.15, 0.2) is 24.4 Å². The number of thiocarbonyl (C=S) groups is 1. The maximum atomic E-state index is 12.2. The van der Waals surface area contributed by atoms with Gasteiger partial charge in [-0.25, -0.2) is 0 Å². The standard InChI is InChI=1S/C15H18N4OS/c1-9-4-5-10(2)11(6-9)7-13(20)18-15-12(14(16)21)8-17-19(15)3/h4-6,8H,7H2,1-3H3,(H2,16,21)(H,18,20). The molecule has 110 valence electrons. The predicted molar refractivity (Wildman–Crippen MR) is 87.3 cm³/mol. The Morgan fingerprint density at radius 2 is 2.14 bits per heavy atom. The summed E-state index contributed by atoms with van der Waals surface area (Å²) in [5, 5.41) is 6.89. The molecule has 0 aliphatic rings. The van der Waals surface area contributed by atoms with Gasteiger partial charge in [0.25, 0.3) is 0 Å². The molecule has 5 nitrogen and oxygen atoms in total. The minimum Gasteiger partial charge on any atom is -0.389 e. The molecule has 6 heteroatoms. The monoisotopic (exact) mass is 302 g/mol. The first-order chi connectivity index (χ1) is 9.88. The number of benzene rings is 1. The number of aryl methyl sites for hydroxylation is 3. The zero-order valence-corrected chi connectivity index (χ0v) is 13.1. The Balaban J connectivity index is 2.17. The summed E-state index contributed by atoms with van der Waals surface area (Å²) in [5.41, 5.74) is 9.43. The van der Waals surface area contributed by atoms with Crippen molar-refractivity contribution in [3.05, 3.63) is 46.6 Å². The van der Waals surface area contributed by atoms with Crippen LogP contribution in [0, 0.1) is 13.8 Å². The second-order valence-corrected chi connectivity index (χ2v) is 5.49. The smallest absolute Gasteiger partial charge is 0.229 e.